The van der Waals surface area contributed by atoms with Crippen LogP contribution in [0.1, 0.15) is 35.2 Å². The minimum Gasteiger partial charge on any atom is -0.469 e. The van der Waals surface area contributed by atoms with Crippen LogP contribution < -0.4 is 5.32 Å². The molecular weight excluding hydrogens is 258 g/mol. The van der Waals surface area contributed by atoms with E-state index in [9.17, 15) is 14.4 Å². The fourth-order valence-electron chi connectivity index (χ4n) is 2.42. The zero-order valence-corrected chi connectivity index (χ0v) is 11.6. The number of ether oxygens (including phenoxy) is 1. The number of carbonyl (C=O) groups excluding carboxylic acids is 3. The van der Waals surface area contributed by atoms with Crippen LogP contribution >= 0.6 is 0 Å². The molecule has 1 aromatic rings. The van der Waals surface area contributed by atoms with Gasteiger partial charge in [0, 0.05) is 24.3 Å². The second kappa shape index (κ2) is 5.86. The molecule has 0 unspecified atom stereocenters. The van der Waals surface area contributed by atoms with Gasteiger partial charge in [0.15, 0.2) is 5.78 Å². The molecule has 1 aliphatic heterocycles. The smallest absolute Gasteiger partial charge is 0.305 e. The highest BCUT2D eigenvalue weighted by atomic mass is 16.5. The van der Waals surface area contributed by atoms with Crippen LogP contribution in [0.5, 0.6) is 0 Å². The first-order valence-electron chi connectivity index (χ1n) is 6.53. The Balaban J connectivity index is 2.19. The first-order valence-corrected chi connectivity index (χ1v) is 6.53. The molecule has 0 saturated carbocycles. The largest absolute Gasteiger partial charge is 0.469 e. The van der Waals surface area contributed by atoms with Gasteiger partial charge in [-0.25, -0.2) is 0 Å². The summed E-state index contributed by atoms with van der Waals surface area (Å²) in [6.07, 6.45) is 0.579. The Morgan fingerprint density at radius 1 is 1.40 bits per heavy atom. The molecule has 1 aromatic carbocycles. The first-order chi connectivity index (χ1) is 9.52. The van der Waals surface area contributed by atoms with E-state index < -0.39 is 5.92 Å². The van der Waals surface area contributed by atoms with E-state index in [1.807, 2.05) is 13.0 Å². The molecule has 0 radical (unpaired) electrons. The van der Waals surface area contributed by atoms with Gasteiger partial charge in [-0.1, -0.05) is 12.1 Å². The fourth-order valence-corrected chi connectivity index (χ4v) is 2.42. The molecule has 0 aromatic heterocycles. The minimum absolute atomic E-state index is 0.0636. The van der Waals surface area contributed by atoms with Crippen LogP contribution in [0.15, 0.2) is 18.2 Å². The lowest BCUT2D eigenvalue weighted by molar-refractivity contribution is -0.141. The van der Waals surface area contributed by atoms with Gasteiger partial charge in [-0.2, -0.15) is 0 Å². The second-order valence-corrected chi connectivity index (χ2v) is 4.93. The molecule has 1 heterocycles. The molecule has 20 heavy (non-hydrogen) atoms. The lowest BCUT2D eigenvalue weighted by Gasteiger charge is -2.11. The van der Waals surface area contributed by atoms with Gasteiger partial charge in [-0.3, -0.25) is 14.4 Å². The summed E-state index contributed by atoms with van der Waals surface area (Å²) in [6, 6.07) is 5.37. The number of hydrogen-bond donors (Lipinski definition) is 1. The summed E-state index contributed by atoms with van der Waals surface area (Å²) >= 11 is 0. The van der Waals surface area contributed by atoms with E-state index in [1.54, 1.807) is 12.1 Å². The minimum atomic E-state index is -0.492. The Morgan fingerprint density at radius 2 is 2.15 bits per heavy atom. The number of aryl methyl sites for hydroxylation is 1. The second-order valence-electron chi connectivity index (χ2n) is 4.93. The van der Waals surface area contributed by atoms with Crippen LogP contribution in [-0.4, -0.2) is 24.8 Å². The lowest BCUT2D eigenvalue weighted by atomic mass is 9.93. The number of fused-ring (bicyclic) bond motifs is 1. The highest BCUT2D eigenvalue weighted by Crippen LogP contribution is 2.28. The molecule has 0 saturated heterocycles. The maximum atomic E-state index is 12.3. The number of benzene rings is 1. The van der Waals surface area contributed by atoms with Gasteiger partial charge in [-0.05, 0) is 25.0 Å². The van der Waals surface area contributed by atoms with E-state index in [-0.39, 0.29) is 30.5 Å². The number of rotatable bonds is 3. The molecule has 0 fully saturated rings. The summed E-state index contributed by atoms with van der Waals surface area (Å²) in [4.78, 5) is 35.6. The van der Waals surface area contributed by atoms with Crippen molar-refractivity contribution in [2.75, 3.05) is 12.4 Å². The third kappa shape index (κ3) is 2.87. The average Bonchev–Trinajstić information content (AvgIpc) is 2.54. The number of hydrogen-bond acceptors (Lipinski definition) is 4. The van der Waals surface area contributed by atoms with Crippen molar-refractivity contribution in [3.63, 3.8) is 0 Å². The molecule has 1 N–H and O–H groups in total. The Labute approximate surface area is 117 Å². The van der Waals surface area contributed by atoms with Gasteiger partial charge in [0.2, 0.25) is 5.91 Å². The topological polar surface area (TPSA) is 72.5 Å². The lowest BCUT2D eigenvalue weighted by Crippen LogP contribution is -2.23. The molecule has 2 rings (SSSR count). The van der Waals surface area contributed by atoms with Gasteiger partial charge < -0.3 is 10.1 Å². The van der Waals surface area contributed by atoms with Crippen molar-refractivity contribution in [3.8, 4) is 0 Å². The maximum absolute atomic E-state index is 12.3. The third-order valence-electron chi connectivity index (χ3n) is 3.54. The molecule has 0 spiro atoms. The molecule has 1 aliphatic rings. The predicted octanol–water partition coefficient (Wildman–Crippen LogP) is 2.09. The summed E-state index contributed by atoms with van der Waals surface area (Å²) in [5.41, 5.74) is 1.98. The van der Waals surface area contributed by atoms with E-state index in [0.29, 0.717) is 17.7 Å². The molecule has 5 nitrogen and oxygen atoms in total. The number of methoxy groups -OCH3 is 1. The zero-order valence-electron chi connectivity index (χ0n) is 11.6. The number of esters is 1. The molecular formula is C15H17NO4. The summed E-state index contributed by atoms with van der Waals surface area (Å²) < 4.78 is 4.56. The highest BCUT2D eigenvalue weighted by molar-refractivity contribution is 6.10. The van der Waals surface area contributed by atoms with E-state index in [4.69, 9.17) is 0 Å². The SMILES string of the molecule is COC(=O)CC[C@H]1CC(=O)c2c(C)cccc2NC1=O. The van der Waals surface area contributed by atoms with Crippen molar-refractivity contribution in [3.05, 3.63) is 29.3 Å². The summed E-state index contributed by atoms with van der Waals surface area (Å²) in [5, 5.41) is 2.77. The normalized spacial score (nSPS) is 18.0. The molecule has 106 valence electrons. The predicted molar refractivity (Wildman–Crippen MR) is 73.5 cm³/mol. The molecule has 1 atom stereocenters. The quantitative estimate of drug-likeness (QED) is 0.857. The summed E-state index contributed by atoms with van der Waals surface area (Å²) in [7, 11) is 1.31. The van der Waals surface area contributed by atoms with Gasteiger partial charge in [0.25, 0.3) is 0 Å². The Bertz CT molecular complexity index is 565. The van der Waals surface area contributed by atoms with E-state index in [2.05, 4.69) is 10.1 Å². The highest BCUT2D eigenvalue weighted by Gasteiger charge is 2.29. The molecule has 5 heteroatoms. The van der Waals surface area contributed by atoms with E-state index >= 15 is 0 Å². The van der Waals surface area contributed by atoms with Crippen LogP contribution in [0.4, 0.5) is 5.69 Å². The molecule has 1 amide bonds. The number of Topliss-reactive ketones (excluding diaryl/α,β-unsaturated/α-hetero) is 1. The third-order valence-corrected chi connectivity index (χ3v) is 3.54. The first kappa shape index (κ1) is 14.2. The number of ketones is 1. The van der Waals surface area contributed by atoms with Crippen molar-refractivity contribution < 1.29 is 19.1 Å². The molecule has 0 aliphatic carbocycles. The summed E-state index contributed by atoms with van der Waals surface area (Å²) in [5.74, 6) is -1.14. The van der Waals surface area contributed by atoms with Crippen LogP contribution in [0, 0.1) is 12.8 Å². The molecule has 0 bridgehead atoms. The summed E-state index contributed by atoms with van der Waals surface area (Å²) in [6.45, 7) is 1.84. The van der Waals surface area contributed by atoms with Crippen molar-refractivity contribution in [1.29, 1.82) is 0 Å². The van der Waals surface area contributed by atoms with E-state index in [0.717, 1.165) is 5.56 Å². The number of anilines is 1. The van der Waals surface area contributed by atoms with Crippen LogP contribution in [0.2, 0.25) is 0 Å². The van der Waals surface area contributed by atoms with Crippen molar-refractivity contribution >= 4 is 23.3 Å². The van der Waals surface area contributed by atoms with E-state index in [1.165, 1.54) is 7.11 Å². The zero-order chi connectivity index (χ0) is 14.7. The monoisotopic (exact) mass is 275 g/mol. The average molecular weight is 275 g/mol. The van der Waals surface area contributed by atoms with Gasteiger partial charge in [-0.15, -0.1) is 0 Å². The van der Waals surface area contributed by atoms with Crippen molar-refractivity contribution in [1.82, 2.24) is 0 Å². The standard InChI is InChI=1S/C15H17NO4/c1-9-4-3-5-11-14(9)12(17)8-10(15(19)16-11)6-7-13(18)20-2/h3-5,10H,6-8H2,1-2H3,(H,16,19)/t10-/m0/s1. The van der Waals surface area contributed by atoms with Crippen LogP contribution in [0.3, 0.4) is 0 Å². The van der Waals surface area contributed by atoms with Crippen molar-refractivity contribution in [2.24, 2.45) is 5.92 Å². The number of carbonyl (C=O) groups is 3. The fraction of sp³-hybridized carbons (Fsp3) is 0.400. The van der Waals surface area contributed by atoms with Gasteiger partial charge >= 0.3 is 5.97 Å². The Morgan fingerprint density at radius 3 is 2.85 bits per heavy atom. The number of amides is 1. The van der Waals surface area contributed by atoms with Crippen LogP contribution in [0.25, 0.3) is 0 Å². The van der Waals surface area contributed by atoms with Crippen molar-refractivity contribution in [2.45, 2.75) is 26.2 Å². The Hall–Kier alpha value is -2.17. The Kier molecular flexibility index (Phi) is 4.17. The maximum Gasteiger partial charge on any atom is 0.305 e. The van der Waals surface area contributed by atoms with Gasteiger partial charge in [0.1, 0.15) is 0 Å². The van der Waals surface area contributed by atoms with Crippen LogP contribution in [-0.2, 0) is 14.3 Å². The number of nitrogens with one attached hydrogen (secondary N) is 1. The van der Waals surface area contributed by atoms with Gasteiger partial charge in [0.05, 0.1) is 12.8 Å².